The molecule has 0 aromatic rings. The third-order valence-corrected chi connectivity index (χ3v) is 5.74. The van der Waals surface area contributed by atoms with Gasteiger partial charge in [0.05, 0.1) is 6.07 Å². The molecule has 4 saturated carbocycles. The second-order valence-electron chi connectivity index (χ2n) is 7.41. The van der Waals surface area contributed by atoms with Gasteiger partial charge >= 0.3 is 0 Å². The van der Waals surface area contributed by atoms with Crippen LogP contribution in [0.3, 0.4) is 0 Å². The van der Waals surface area contributed by atoms with Gasteiger partial charge in [0.25, 0.3) is 0 Å². The molecule has 0 aromatic heterocycles. The molecule has 2 unspecified atom stereocenters. The van der Waals surface area contributed by atoms with E-state index in [1.807, 2.05) is 6.92 Å². The Bertz CT molecular complexity index is 427. The summed E-state index contributed by atoms with van der Waals surface area (Å²) >= 11 is 0. The van der Waals surface area contributed by atoms with Gasteiger partial charge in [-0.05, 0) is 62.2 Å². The predicted octanol–water partition coefficient (Wildman–Crippen LogP) is 3.74. The number of rotatable bonds is 2. The monoisotopic (exact) mass is 244 g/mol. The van der Waals surface area contributed by atoms with Gasteiger partial charge in [-0.2, -0.15) is 5.26 Å². The molecule has 2 atom stereocenters. The topological polar surface area (TPSA) is 49.8 Å². The zero-order chi connectivity index (χ0) is 13.0. The first-order valence-electron chi connectivity index (χ1n) is 7.39. The fraction of sp³-hybridized carbons (Fsp3) is 0.812. The third kappa shape index (κ3) is 1.60. The fourth-order valence-corrected chi connectivity index (χ4v) is 5.69. The van der Waals surface area contributed by atoms with E-state index in [-0.39, 0.29) is 5.41 Å². The summed E-state index contributed by atoms with van der Waals surface area (Å²) in [7, 11) is 0. The van der Waals surface area contributed by atoms with Gasteiger partial charge in [0.2, 0.25) is 0 Å². The molecular formula is C16H24N2. The van der Waals surface area contributed by atoms with Gasteiger partial charge in [-0.1, -0.05) is 13.8 Å². The van der Waals surface area contributed by atoms with Crippen molar-refractivity contribution in [2.24, 2.45) is 28.4 Å². The molecule has 4 aliphatic carbocycles. The van der Waals surface area contributed by atoms with Crippen LogP contribution >= 0.6 is 0 Å². The summed E-state index contributed by atoms with van der Waals surface area (Å²) in [5, 5.41) is 9.27. The summed E-state index contributed by atoms with van der Waals surface area (Å²) in [6.45, 7) is 4.50. The highest BCUT2D eigenvalue weighted by molar-refractivity contribution is 5.32. The summed E-state index contributed by atoms with van der Waals surface area (Å²) in [6.07, 6.45) is 8.71. The molecule has 4 rings (SSSR count). The molecule has 0 radical (unpaired) electrons. The van der Waals surface area contributed by atoms with Crippen molar-refractivity contribution in [2.75, 3.05) is 0 Å². The highest BCUT2D eigenvalue weighted by Gasteiger charge is 2.57. The van der Waals surface area contributed by atoms with Crippen LogP contribution in [0.25, 0.3) is 0 Å². The lowest BCUT2D eigenvalue weighted by Crippen LogP contribution is -2.52. The molecule has 4 bridgehead atoms. The average molecular weight is 244 g/mol. The summed E-state index contributed by atoms with van der Waals surface area (Å²) in [4.78, 5) is 0. The van der Waals surface area contributed by atoms with E-state index in [0.29, 0.717) is 5.41 Å². The van der Waals surface area contributed by atoms with Crippen molar-refractivity contribution < 1.29 is 0 Å². The number of nitriles is 1. The predicted molar refractivity (Wildman–Crippen MR) is 72.3 cm³/mol. The number of nitrogens with two attached hydrogens (primary N) is 1. The molecule has 0 spiro atoms. The molecule has 0 saturated heterocycles. The van der Waals surface area contributed by atoms with Crippen LogP contribution in [-0.4, -0.2) is 0 Å². The number of nitrogens with zero attached hydrogens (tertiary/aromatic N) is 1. The van der Waals surface area contributed by atoms with E-state index >= 15 is 0 Å². The first-order chi connectivity index (χ1) is 8.50. The maximum atomic E-state index is 9.27. The van der Waals surface area contributed by atoms with Gasteiger partial charge in [-0.15, -0.1) is 0 Å². The number of hydrogen-bond donors (Lipinski definition) is 1. The highest BCUT2D eigenvalue weighted by Crippen LogP contribution is 2.66. The van der Waals surface area contributed by atoms with Crippen LogP contribution in [0.4, 0.5) is 0 Å². The fourth-order valence-electron chi connectivity index (χ4n) is 5.69. The Kier molecular flexibility index (Phi) is 2.52. The quantitative estimate of drug-likeness (QED) is 0.752. The highest BCUT2D eigenvalue weighted by atomic mass is 14.7. The van der Waals surface area contributed by atoms with Crippen LogP contribution in [-0.2, 0) is 0 Å². The van der Waals surface area contributed by atoms with E-state index in [9.17, 15) is 5.26 Å². The molecule has 0 aliphatic heterocycles. The van der Waals surface area contributed by atoms with E-state index in [1.165, 1.54) is 38.5 Å². The van der Waals surface area contributed by atoms with Gasteiger partial charge in [-0.25, -0.2) is 0 Å². The van der Waals surface area contributed by atoms with Crippen LogP contribution < -0.4 is 5.73 Å². The Hall–Kier alpha value is -0.970. The van der Waals surface area contributed by atoms with Crippen molar-refractivity contribution in [3.8, 4) is 6.07 Å². The Balaban J connectivity index is 2.01. The second kappa shape index (κ2) is 3.76. The van der Waals surface area contributed by atoms with Gasteiger partial charge in [-0.3, -0.25) is 0 Å². The summed E-state index contributed by atoms with van der Waals surface area (Å²) < 4.78 is 0. The van der Waals surface area contributed by atoms with Crippen molar-refractivity contribution in [1.82, 2.24) is 0 Å². The molecule has 98 valence electrons. The smallest absolute Gasteiger partial charge is 0.0965 e. The van der Waals surface area contributed by atoms with Crippen LogP contribution in [0.2, 0.25) is 0 Å². The minimum absolute atomic E-state index is 0.180. The first-order valence-corrected chi connectivity index (χ1v) is 7.39. The van der Waals surface area contributed by atoms with Crippen LogP contribution in [0.15, 0.2) is 11.3 Å². The Morgan fingerprint density at radius 1 is 1.28 bits per heavy atom. The maximum absolute atomic E-state index is 9.27. The Labute approximate surface area is 110 Å². The standard InChI is InChI=1S/C16H24N2/c1-3-13(9-17)14(18)16-7-11-4-12(8-16)6-15(2,5-11)10-16/h11-12H,3-8,10,18H2,1-2H3. The van der Waals surface area contributed by atoms with Crippen molar-refractivity contribution in [3.63, 3.8) is 0 Å². The second-order valence-corrected chi connectivity index (χ2v) is 7.41. The zero-order valence-electron chi connectivity index (χ0n) is 11.6. The van der Waals surface area contributed by atoms with Crippen molar-refractivity contribution in [2.45, 2.75) is 58.8 Å². The van der Waals surface area contributed by atoms with E-state index in [4.69, 9.17) is 5.73 Å². The Morgan fingerprint density at radius 3 is 2.33 bits per heavy atom. The normalized spacial score (nSPS) is 46.7. The van der Waals surface area contributed by atoms with Gasteiger partial charge in [0.15, 0.2) is 0 Å². The molecule has 2 nitrogen and oxygen atoms in total. The molecule has 4 aliphatic rings. The lowest BCUT2D eigenvalue weighted by Gasteiger charge is -2.61. The number of allylic oxidation sites excluding steroid dienone is 2. The van der Waals surface area contributed by atoms with Crippen LogP contribution in [0.1, 0.15) is 58.8 Å². The number of hydrogen-bond acceptors (Lipinski definition) is 2. The molecular weight excluding hydrogens is 220 g/mol. The zero-order valence-corrected chi connectivity index (χ0v) is 11.6. The van der Waals surface area contributed by atoms with E-state index in [2.05, 4.69) is 13.0 Å². The minimum Gasteiger partial charge on any atom is -0.401 e. The summed E-state index contributed by atoms with van der Waals surface area (Å²) in [5.74, 6) is 1.73. The molecule has 18 heavy (non-hydrogen) atoms. The van der Waals surface area contributed by atoms with E-state index in [1.54, 1.807) is 0 Å². The van der Waals surface area contributed by atoms with Crippen molar-refractivity contribution in [1.29, 1.82) is 5.26 Å². The summed E-state index contributed by atoms with van der Waals surface area (Å²) in [5.41, 5.74) is 8.94. The average Bonchev–Trinajstić information content (AvgIpc) is 2.27. The summed E-state index contributed by atoms with van der Waals surface area (Å²) in [6, 6.07) is 2.34. The van der Waals surface area contributed by atoms with Gasteiger partial charge in [0, 0.05) is 16.7 Å². The maximum Gasteiger partial charge on any atom is 0.0965 e. The van der Waals surface area contributed by atoms with Crippen LogP contribution in [0.5, 0.6) is 0 Å². The van der Waals surface area contributed by atoms with Crippen molar-refractivity contribution >= 4 is 0 Å². The lowest BCUT2D eigenvalue weighted by molar-refractivity contribution is -0.0839. The first kappa shape index (κ1) is 12.1. The molecule has 0 heterocycles. The van der Waals surface area contributed by atoms with Crippen molar-refractivity contribution in [3.05, 3.63) is 11.3 Å². The molecule has 0 amide bonds. The van der Waals surface area contributed by atoms with Crippen LogP contribution in [0, 0.1) is 34.0 Å². The minimum atomic E-state index is 0.180. The molecule has 2 N–H and O–H groups in total. The molecule has 4 fully saturated rings. The lowest BCUT2D eigenvalue weighted by atomic mass is 9.44. The SMILES string of the molecule is CCC(C#N)=C(N)C12CC3CC(CC(C)(C3)C1)C2. The molecule has 0 aromatic carbocycles. The molecule has 2 heteroatoms. The van der Waals surface area contributed by atoms with Gasteiger partial charge < -0.3 is 5.73 Å². The van der Waals surface area contributed by atoms with E-state index in [0.717, 1.165) is 29.5 Å². The Morgan fingerprint density at radius 2 is 1.89 bits per heavy atom. The van der Waals surface area contributed by atoms with E-state index < -0.39 is 0 Å². The third-order valence-electron chi connectivity index (χ3n) is 5.74. The largest absolute Gasteiger partial charge is 0.401 e. The van der Waals surface area contributed by atoms with Gasteiger partial charge in [0.1, 0.15) is 0 Å².